The number of nitrogens with zero attached hydrogens (tertiary/aromatic N) is 2. The smallest absolute Gasteiger partial charge is 0.277 e. The second-order valence-electron chi connectivity index (χ2n) is 6.66. The largest absolute Gasteiger partial charge is 0.295 e. The van der Waals surface area contributed by atoms with E-state index in [2.05, 4.69) is 10.2 Å². The Bertz CT molecular complexity index is 1150. The standard InChI is InChI=1S/C23H16FN3O/c24-18-14-8-7-13-17(18)22-19-20(15-9-3-1-4-10-15)25-26-21(19)23(28)27(22)16-11-5-2-6-12-16/h1-14,22H,(H,25,26). The number of benzene rings is 3. The molecule has 136 valence electrons. The van der Waals surface area contributed by atoms with Crippen molar-refractivity contribution in [2.45, 2.75) is 6.04 Å². The molecule has 0 fully saturated rings. The maximum Gasteiger partial charge on any atom is 0.277 e. The molecule has 5 heteroatoms. The maximum atomic E-state index is 14.8. The van der Waals surface area contributed by atoms with Gasteiger partial charge in [0.25, 0.3) is 5.91 Å². The molecule has 1 aromatic heterocycles. The Balaban J connectivity index is 1.77. The van der Waals surface area contributed by atoms with Crippen LogP contribution in [0.1, 0.15) is 27.7 Å². The van der Waals surface area contributed by atoms with E-state index in [0.29, 0.717) is 28.2 Å². The van der Waals surface area contributed by atoms with Crippen molar-refractivity contribution in [1.82, 2.24) is 10.2 Å². The molecule has 1 unspecified atom stereocenters. The Morgan fingerprint density at radius 1 is 0.857 bits per heavy atom. The van der Waals surface area contributed by atoms with Gasteiger partial charge in [0.1, 0.15) is 11.5 Å². The van der Waals surface area contributed by atoms with Gasteiger partial charge in [-0.25, -0.2) is 4.39 Å². The topological polar surface area (TPSA) is 49.0 Å². The summed E-state index contributed by atoms with van der Waals surface area (Å²) in [4.78, 5) is 14.9. The third-order valence-electron chi connectivity index (χ3n) is 5.05. The molecule has 1 N–H and O–H groups in total. The summed E-state index contributed by atoms with van der Waals surface area (Å²) in [5, 5.41) is 7.29. The summed E-state index contributed by atoms with van der Waals surface area (Å²) in [6.45, 7) is 0. The summed E-state index contributed by atoms with van der Waals surface area (Å²) in [6.07, 6.45) is 0. The molecule has 0 spiro atoms. The zero-order valence-corrected chi connectivity index (χ0v) is 14.8. The average molecular weight is 369 g/mol. The molecule has 0 saturated heterocycles. The molecule has 4 aromatic rings. The number of fused-ring (bicyclic) bond motifs is 1. The predicted octanol–water partition coefficient (Wildman–Crippen LogP) is 4.97. The van der Waals surface area contributed by atoms with Gasteiger partial charge >= 0.3 is 0 Å². The van der Waals surface area contributed by atoms with Crippen molar-refractivity contribution in [3.63, 3.8) is 0 Å². The van der Waals surface area contributed by atoms with Crippen LogP contribution in [0.25, 0.3) is 11.3 Å². The molecule has 1 aliphatic rings. The molecular formula is C23H16FN3O. The molecule has 0 bridgehead atoms. The fraction of sp³-hybridized carbons (Fsp3) is 0.0435. The van der Waals surface area contributed by atoms with Crippen LogP contribution in [-0.2, 0) is 0 Å². The molecule has 0 aliphatic carbocycles. The number of rotatable bonds is 3. The summed E-state index contributed by atoms with van der Waals surface area (Å²) in [5.74, 6) is -0.571. The van der Waals surface area contributed by atoms with E-state index in [9.17, 15) is 9.18 Å². The number of H-pyrrole nitrogens is 1. The van der Waals surface area contributed by atoms with Crippen molar-refractivity contribution in [1.29, 1.82) is 0 Å². The van der Waals surface area contributed by atoms with E-state index < -0.39 is 6.04 Å². The van der Waals surface area contributed by atoms with Crippen LogP contribution in [0.4, 0.5) is 10.1 Å². The molecule has 28 heavy (non-hydrogen) atoms. The molecular weight excluding hydrogens is 353 g/mol. The van der Waals surface area contributed by atoms with Crippen LogP contribution in [0.15, 0.2) is 84.9 Å². The lowest BCUT2D eigenvalue weighted by Crippen LogP contribution is -2.29. The summed E-state index contributed by atoms with van der Waals surface area (Å²) in [7, 11) is 0. The van der Waals surface area contributed by atoms with Crippen LogP contribution in [0.2, 0.25) is 0 Å². The number of halogens is 1. The lowest BCUT2D eigenvalue weighted by atomic mass is 9.95. The van der Waals surface area contributed by atoms with Crippen molar-refractivity contribution in [3.8, 4) is 11.3 Å². The number of aromatic amines is 1. The van der Waals surface area contributed by atoms with Gasteiger partial charge in [0.05, 0.1) is 11.7 Å². The molecule has 1 aliphatic heterocycles. The maximum absolute atomic E-state index is 14.8. The van der Waals surface area contributed by atoms with E-state index in [0.717, 1.165) is 5.56 Å². The Kier molecular flexibility index (Phi) is 3.79. The first-order chi connectivity index (χ1) is 13.8. The number of nitrogens with one attached hydrogen (secondary N) is 1. The highest BCUT2D eigenvalue weighted by atomic mass is 19.1. The van der Waals surface area contributed by atoms with Crippen molar-refractivity contribution >= 4 is 11.6 Å². The second-order valence-corrected chi connectivity index (χ2v) is 6.66. The first-order valence-electron chi connectivity index (χ1n) is 9.02. The third kappa shape index (κ3) is 2.44. The van der Waals surface area contributed by atoms with E-state index in [1.54, 1.807) is 23.1 Å². The molecule has 1 amide bonds. The third-order valence-corrected chi connectivity index (χ3v) is 5.05. The lowest BCUT2D eigenvalue weighted by molar-refractivity contribution is 0.0988. The highest BCUT2D eigenvalue weighted by Gasteiger charge is 2.43. The van der Waals surface area contributed by atoms with Crippen LogP contribution >= 0.6 is 0 Å². The van der Waals surface area contributed by atoms with Crippen molar-refractivity contribution < 1.29 is 9.18 Å². The first kappa shape index (κ1) is 16.4. The highest BCUT2D eigenvalue weighted by molar-refractivity contribution is 6.11. The van der Waals surface area contributed by atoms with E-state index in [4.69, 9.17) is 0 Å². The van der Waals surface area contributed by atoms with E-state index in [1.807, 2.05) is 60.7 Å². The van der Waals surface area contributed by atoms with Gasteiger partial charge < -0.3 is 0 Å². The van der Waals surface area contributed by atoms with Gasteiger partial charge in [0.15, 0.2) is 0 Å². The Hall–Kier alpha value is -3.73. The Labute approximate surface area is 161 Å². The lowest BCUT2D eigenvalue weighted by Gasteiger charge is -2.26. The van der Waals surface area contributed by atoms with Crippen molar-refractivity contribution in [2.75, 3.05) is 4.90 Å². The number of amides is 1. The summed E-state index contributed by atoms with van der Waals surface area (Å²) in [5.41, 5.74) is 3.79. The summed E-state index contributed by atoms with van der Waals surface area (Å²) >= 11 is 0. The molecule has 5 rings (SSSR count). The molecule has 2 heterocycles. The number of carbonyl (C=O) groups is 1. The van der Waals surface area contributed by atoms with Crippen molar-refractivity contribution in [2.24, 2.45) is 0 Å². The normalized spacial score (nSPS) is 15.7. The van der Waals surface area contributed by atoms with E-state index in [-0.39, 0.29) is 11.7 Å². The minimum Gasteiger partial charge on any atom is -0.295 e. The zero-order valence-electron chi connectivity index (χ0n) is 14.8. The fourth-order valence-electron chi connectivity index (χ4n) is 3.81. The van der Waals surface area contributed by atoms with Gasteiger partial charge in [-0.1, -0.05) is 66.7 Å². The number of hydrogen-bond donors (Lipinski definition) is 1. The van der Waals surface area contributed by atoms with Gasteiger partial charge in [0.2, 0.25) is 0 Å². The fourth-order valence-corrected chi connectivity index (χ4v) is 3.81. The number of carbonyl (C=O) groups excluding carboxylic acids is 1. The summed E-state index contributed by atoms with van der Waals surface area (Å²) < 4.78 is 14.8. The molecule has 0 radical (unpaired) electrons. The average Bonchev–Trinajstić information content (AvgIpc) is 3.29. The van der Waals surface area contributed by atoms with Crippen LogP contribution < -0.4 is 4.90 Å². The van der Waals surface area contributed by atoms with Crippen LogP contribution in [0.3, 0.4) is 0 Å². The zero-order chi connectivity index (χ0) is 19.1. The van der Waals surface area contributed by atoms with Gasteiger partial charge in [-0.05, 0) is 18.2 Å². The second kappa shape index (κ2) is 6.46. The van der Waals surface area contributed by atoms with E-state index in [1.165, 1.54) is 6.07 Å². The number of anilines is 1. The molecule has 0 saturated carbocycles. The predicted molar refractivity (Wildman–Crippen MR) is 106 cm³/mol. The highest BCUT2D eigenvalue weighted by Crippen LogP contribution is 2.45. The molecule has 3 aromatic carbocycles. The van der Waals surface area contributed by atoms with Crippen LogP contribution in [0, 0.1) is 5.82 Å². The van der Waals surface area contributed by atoms with Gasteiger partial charge in [0, 0.05) is 22.4 Å². The Morgan fingerprint density at radius 3 is 2.21 bits per heavy atom. The number of para-hydroxylation sites is 1. The van der Waals surface area contributed by atoms with Crippen molar-refractivity contribution in [3.05, 3.63) is 108 Å². The number of aromatic nitrogens is 2. The molecule has 4 nitrogen and oxygen atoms in total. The first-order valence-corrected chi connectivity index (χ1v) is 9.02. The number of hydrogen-bond acceptors (Lipinski definition) is 2. The van der Waals surface area contributed by atoms with Gasteiger partial charge in [-0.15, -0.1) is 0 Å². The monoisotopic (exact) mass is 369 g/mol. The van der Waals surface area contributed by atoms with Gasteiger partial charge in [-0.2, -0.15) is 5.10 Å². The Morgan fingerprint density at radius 2 is 1.50 bits per heavy atom. The van der Waals surface area contributed by atoms with Crippen LogP contribution in [-0.4, -0.2) is 16.1 Å². The SMILES string of the molecule is O=C1c2[nH]nc(-c3ccccc3)c2C(c2ccccc2F)N1c1ccccc1. The molecule has 1 atom stereocenters. The quantitative estimate of drug-likeness (QED) is 0.554. The summed E-state index contributed by atoms with van der Waals surface area (Å²) in [6, 6.07) is 24.9. The van der Waals surface area contributed by atoms with Crippen LogP contribution in [0.5, 0.6) is 0 Å². The van der Waals surface area contributed by atoms with E-state index >= 15 is 0 Å². The van der Waals surface area contributed by atoms with Gasteiger partial charge in [-0.3, -0.25) is 14.8 Å². The minimum absolute atomic E-state index is 0.218. The minimum atomic E-state index is -0.597.